The Balaban J connectivity index is 1.50. The maximum atomic E-state index is 12.7. The van der Waals surface area contributed by atoms with Gasteiger partial charge in [0, 0.05) is 64.1 Å². The van der Waals surface area contributed by atoms with Crippen molar-refractivity contribution in [1.82, 2.24) is 19.4 Å². The van der Waals surface area contributed by atoms with Crippen LogP contribution >= 0.6 is 0 Å². The number of amides is 1. The van der Waals surface area contributed by atoms with E-state index in [1.54, 1.807) is 0 Å². The fourth-order valence-electron chi connectivity index (χ4n) is 4.10. The Kier molecular flexibility index (Phi) is 4.44. The van der Waals surface area contributed by atoms with E-state index in [4.69, 9.17) is 0 Å². The first-order chi connectivity index (χ1) is 12.5. The topological polar surface area (TPSA) is 53.4 Å². The van der Waals surface area contributed by atoms with Gasteiger partial charge in [-0.1, -0.05) is 18.2 Å². The minimum atomic E-state index is -0.150. The maximum absolute atomic E-state index is 12.7. The Bertz CT molecular complexity index is 791. The van der Waals surface area contributed by atoms with Gasteiger partial charge in [0.2, 0.25) is 5.91 Å². The zero-order valence-electron chi connectivity index (χ0n) is 15.6. The van der Waals surface area contributed by atoms with Gasteiger partial charge in [0.15, 0.2) is 0 Å². The van der Waals surface area contributed by atoms with Crippen molar-refractivity contribution in [1.29, 1.82) is 0 Å². The molecule has 138 valence electrons. The van der Waals surface area contributed by atoms with Crippen LogP contribution in [0, 0.1) is 0 Å². The van der Waals surface area contributed by atoms with E-state index in [1.165, 1.54) is 11.3 Å². The van der Waals surface area contributed by atoms with E-state index in [9.17, 15) is 4.79 Å². The Morgan fingerprint density at radius 2 is 1.96 bits per heavy atom. The van der Waals surface area contributed by atoms with E-state index in [2.05, 4.69) is 39.6 Å². The Morgan fingerprint density at radius 1 is 1.19 bits per heavy atom. The molecule has 0 atom stereocenters. The van der Waals surface area contributed by atoms with Gasteiger partial charge in [-0.15, -0.1) is 0 Å². The first kappa shape index (κ1) is 17.1. The fourth-order valence-corrected chi connectivity index (χ4v) is 4.10. The molecular formula is C20H27N5O. The highest BCUT2D eigenvalue weighted by atomic mass is 16.2. The van der Waals surface area contributed by atoms with E-state index in [-0.39, 0.29) is 11.4 Å². The molecule has 3 heterocycles. The summed E-state index contributed by atoms with van der Waals surface area (Å²) in [5, 5.41) is 3.76. The molecule has 1 N–H and O–H groups in total. The lowest BCUT2D eigenvalue weighted by molar-refractivity contribution is -0.132. The third-order valence-electron chi connectivity index (χ3n) is 5.70. The highest BCUT2D eigenvalue weighted by molar-refractivity contribution is 5.79. The molecule has 0 radical (unpaired) electrons. The minimum Gasteiger partial charge on any atom is -0.379 e. The number of para-hydroxylation sites is 1. The molecular weight excluding hydrogens is 326 g/mol. The van der Waals surface area contributed by atoms with E-state index in [1.807, 2.05) is 36.0 Å². The number of benzene rings is 1. The second-order valence-electron chi connectivity index (χ2n) is 7.80. The third-order valence-corrected chi connectivity index (χ3v) is 5.70. The molecule has 1 spiro atoms. The van der Waals surface area contributed by atoms with Gasteiger partial charge in [-0.05, 0) is 24.5 Å². The van der Waals surface area contributed by atoms with Crippen LogP contribution in [0.25, 0.3) is 0 Å². The number of carbonyl (C=O) groups excluding carboxylic acids is 1. The quantitative estimate of drug-likeness (QED) is 0.900. The smallest absolute Gasteiger partial charge is 0.224 e. The summed E-state index contributed by atoms with van der Waals surface area (Å²) in [4.78, 5) is 21.4. The maximum Gasteiger partial charge on any atom is 0.224 e. The van der Waals surface area contributed by atoms with Gasteiger partial charge >= 0.3 is 0 Å². The summed E-state index contributed by atoms with van der Waals surface area (Å²) in [6, 6.07) is 8.37. The van der Waals surface area contributed by atoms with Gasteiger partial charge < -0.3 is 14.8 Å². The first-order valence-electron chi connectivity index (χ1n) is 9.32. The molecule has 4 rings (SSSR count). The van der Waals surface area contributed by atoms with Crippen molar-refractivity contribution in [3.05, 3.63) is 48.0 Å². The molecule has 0 aliphatic carbocycles. The van der Waals surface area contributed by atoms with Gasteiger partial charge in [-0.2, -0.15) is 0 Å². The van der Waals surface area contributed by atoms with Crippen LogP contribution in [0.5, 0.6) is 0 Å². The van der Waals surface area contributed by atoms with Crippen LogP contribution in [-0.2, 0) is 24.9 Å². The van der Waals surface area contributed by atoms with Crippen molar-refractivity contribution in [3.63, 3.8) is 0 Å². The van der Waals surface area contributed by atoms with Gasteiger partial charge in [-0.3, -0.25) is 9.69 Å². The zero-order chi connectivity index (χ0) is 18.1. The molecule has 1 aromatic heterocycles. The van der Waals surface area contributed by atoms with Gasteiger partial charge in [-0.25, -0.2) is 4.98 Å². The van der Waals surface area contributed by atoms with Crippen LogP contribution < -0.4 is 5.32 Å². The van der Waals surface area contributed by atoms with Gasteiger partial charge in [0.05, 0.1) is 12.0 Å². The number of imidazole rings is 1. The number of likely N-dealkylation sites (tertiary alicyclic amines) is 1. The molecule has 0 unspecified atom stereocenters. The molecule has 2 aliphatic heterocycles. The molecule has 1 amide bonds. The van der Waals surface area contributed by atoms with Crippen molar-refractivity contribution >= 4 is 11.6 Å². The van der Waals surface area contributed by atoms with E-state index >= 15 is 0 Å². The lowest BCUT2D eigenvalue weighted by Gasteiger charge is -2.44. The summed E-state index contributed by atoms with van der Waals surface area (Å²) in [6.45, 7) is 3.50. The lowest BCUT2D eigenvalue weighted by Crippen LogP contribution is -2.52. The summed E-state index contributed by atoms with van der Waals surface area (Å²) in [7, 11) is 3.91. The largest absolute Gasteiger partial charge is 0.379 e. The molecule has 1 saturated heterocycles. The average Bonchev–Trinajstić information content (AvgIpc) is 3.03. The van der Waals surface area contributed by atoms with Crippen molar-refractivity contribution in [2.45, 2.75) is 37.9 Å². The number of anilines is 1. The number of aryl methyl sites for hydroxylation is 1. The highest BCUT2D eigenvalue weighted by Crippen LogP contribution is 2.34. The normalized spacial score (nSPS) is 20.4. The summed E-state index contributed by atoms with van der Waals surface area (Å²) >= 11 is 0. The summed E-state index contributed by atoms with van der Waals surface area (Å²) < 4.78 is 1.99. The Labute approximate surface area is 154 Å². The number of carbonyl (C=O) groups is 1. The highest BCUT2D eigenvalue weighted by Gasteiger charge is 2.39. The van der Waals surface area contributed by atoms with Crippen molar-refractivity contribution < 1.29 is 4.79 Å². The van der Waals surface area contributed by atoms with Gasteiger partial charge in [0.1, 0.15) is 0 Å². The van der Waals surface area contributed by atoms with Crippen LogP contribution in [-0.4, -0.2) is 50.9 Å². The molecule has 1 fully saturated rings. The number of fused-ring (bicyclic) bond motifs is 1. The third kappa shape index (κ3) is 3.46. The van der Waals surface area contributed by atoms with Crippen LogP contribution in [0.15, 0.2) is 36.8 Å². The Hall–Kier alpha value is -2.34. The van der Waals surface area contributed by atoms with Crippen LogP contribution in [0.1, 0.15) is 30.5 Å². The summed E-state index contributed by atoms with van der Waals surface area (Å²) in [6.07, 6.45) is 6.42. The number of hydrogen-bond acceptors (Lipinski definition) is 4. The number of rotatable bonds is 2. The number of nitrogens with one attached hydrogen (secondary N) is 1. The zero-order valence-corrected chi connectivity index (χ0v) is 15.6. The second-order valence-corrected chi connectivity index (χ2v) is 7.80. The number of piperidine rings is 1. The molecule has 0 bridgehead atoms. The minimum absolute atomic E-state index is 0.150. The SMILES string of the molecule is CN1Cc2ccccc2NC2(CCN(Cc3cn(C)cn3)CC2)CC1=O. The van der Waals surface area contributed by atoms with E-state index < -0.39 is 0 Å². The van der Waals surface area contributed by atoms with Crippen molar-refractivity contribution in [2.24, 2.45) is 7.05 Å². The van der Waals surface area contributed by atoms with Crippen molar-refractivity contribution in [3.8, 4) is 0 Å². The van der Waals surface area contributed by atoms with Crippen LogP contribution in [0.2, 0.25) is 0 Å². The monoisotopic (exact) mass is 353 g/mol. The van der Waals surface area contributed by atoms with Crippen molar-refractivity contribution in [2.75, 3.05) is 25.5 Å². The van der Waals surface area contributed by atoms with E-state index in [0.29, 0.717) is 13.0 Å². The molecule has 2 aromatic rings. The molecule has 26 heavy (non-hydrogen) atoms. The predicted molar refractivity (Wildman–Crippen MR) is 102 cm³/mol. The summed E-state index contributed by atoms with van der Waals surface area (Å²) in [5.74, 6) is 0.227. The number of nitrogens with zero attached hydrogens (tertiary/aromatic N) is 4. The standard InChI is InChI=1S/C20H27N5O/c1-23-13-17(21-15-23)14-25-9-7-20(8-10-25)11-19(26)24(2)12-16-5-3-4-6-18(16)22-20/h3-6,13,15,22H,7-12,14H2,1-2H3. The molecule has 6 heteroatoms. The van der Waals surface area contributed by atoms with Crippen LogP contribution in [0.3, 0.4) is 0 Å². The second kappa shape index (κ2) is 6.76. The predicted octanol–water partition coefficient (Wildman–Crippen LogP) is 2.23. The lowest BCUT2D eigenvalue weighted by atomic mass is 9.82. The van der Waals surface area contributed by atoms with E-state index in [0.717, 1.165) is 38.2 Å². The molecule has 0 saturated carbocycles. The summed E-state index contributed by atoms with van der Waals surface area (Å²) in [5.41, 5.74) is 3.32. The average molecular weight is 353 g/mol. The number of hydrogen-bond donors (Lipinski definition) is 1. The van der Waals surface area contributed by atoms with Gasteiger partial charge in [0.25, 0.3) is 0 Å². The Morgan fingerprint density at radius 3 is 2.69 bits per heavy atom. The molecule has 6 nitrogen and oxygen atoms in total. The molecule has 1 aromatic carbocycles. The first-order valence-corrected chi connectivity index (χ1v) is 9.32. The molecule has 2 aliphatic rings. The number of aromatic nitrogens is 2. The fraction of sp³-hybridized carbons (Fsp3) is 0.500. The van der Waals surface area contributed by atoms with Crippen LogP contribution in [0.4, 0.5) is 5.69 Å².